The number of nitrogens with one attached hydrogen (secondary N) is 3. The monoisotopic (exact) mass is 456 g/mol. The van der Waals surface area contributed by atoms with Crippen LogP contribution in [0.15, 0.2) is 42.1 Å². The number of methoxy groups -OCH3 is 1. The molecule has 1 aliphatic carbocycles. The van der Waals surface area contributed by atoms with Gasteiger partial charge in [-0.3, -0.25) is 20.4 Å². The van der Waals surface area contributed by atoms with Crippen molar-refractivity contribution in [3.8, 4) is 6.07 Å². The first-order valence-corrected chi connectivity index (χ1v) is 10.8. The van der Waals surface area contributed by atoms with Gasteiger partial charge in [0.25, 0.3) is 5.91 Å². The maximum Gasteiger partial charge on any atom is 0.412 e. The average molecular weight is 457 g/mol. The molecular formula is C23H29FN6O3. The minimum atomic E-state index is -1.33. The number of carbonyl (C=O) groups excluding carboxylic acids is 2. The van der Waals surface area contributed by atoms with Crippen molar-refractivity contribution in [1.29, 1.82) is 10.7 Å². The van der Waals surface area contributed by atoms with Crippen LogP contribution >= 0.6 is 0 Å². The Morgan fingerprint density at radius 3 is 2.52 bits per heavy atom. The van der Waals surface area contributed by atoms with Crippen LogP contribution in [-0.4, -0.2) is 54.5 Å². The van der Waals surface area contributed by atoms with E-state index in [2.05, 4.69) is 26.3 Å². The van der Waals surface area contributed by atoms with E-state index in [0.29, 0.717) is 31.5 Å². The molecule has 2 fully saturated rings. The molecule has 2 aliphatic rings. The lowest BCUT2D eigenvalue weighted by atomic mass is 9.75. The first kappa shape index (κ1) is 24.2. The van der Waals surface area contributed by atoms with E-state index in [9.17, 15) is 14.9 Å². The van der Waals surface area contributed by atoms with E-state index in [-0.39, 0.29) is 18.0 Å². The van der Waals surface area contributed by atoms with Crippen LogP contribution in [0.25, 0.3) is 0 Å². The largest absolute Gasteiger partial charge is 0.453 e. The lowest BCUT2D eigenvalue weighted by Crippen LogP contribution is -2.62. The van der Waals surface area contributed by atoms with Crippen molar-refractivity contribution in [1.82, 2.24) is 15.5 Å². The molecule has 33 heavy (non-hydrogen) atoms. The SMILES string of the molecule is COC(=O)NC(=N)/C(=C\NC1(CC#N)CCC(N2CC(F)(c3ccccc3)C2)CC1)C(N)=O. The van der Waals surface area contributed by atoms with Crippen LogP contribution in [0, 0.1) is 16.7 Å². The Hall–Kier alpha value is -3.45. The maximum absolute atomic E-state index is 15.2. The second kappa shape index (κ2) is 10.0. The second-order valence-electron chi connectivity index (χ2n) is 8.64. The summed E-state index contributed by atoms with van der Waals surface area (Å²) in [6, 6.07) is 11.6. The molecule has 0 atom stereocenters. The minimum Gasteiger partial charge on any atom is -0.453 e. The van der Waals surface area contributed by atoms with Gasteiger partial charge in [-0.25, -0.2) is 9.18 Å². The van der Waals surface area contributed by atoms with Crippen molar-refractivity contribution in [2.75, 3.05) is 20.2 Å². The fraction of sp³-hybridized carbons (Fsp3) is 0.478. The molecule has 0 aromatic heterocycles. The molecule has 0 radical (unpaired) electrons. The van der Waals surface area contributed by atoms with E-state index in [1.807, 2.05) is 30.3 Å². The topological polar surface area (TPSA) is 144 Å². The quantitative estimate of drug-likeness (QED) is 0.281. The smallest absolute Gasteiger partial charge is 0.412 e. The van der Waals surface area contributed by atoms with Crippen molar-refractivity contribution in [2.45, 2.75) is 49.4 Å². The minimum absolute atomic E-state index is 0.192. The van der Waals surface area contributed by atoms with E-state index < -0.39 is 29.0 Å². The first-order chi connectivity index (χ1) is 15.7. The molecule has 1 heterocycles. The van der Waals surface area contributed by atoms with E-state index in [0.717, 1.165) is 20.0 Å². The summed E-state index contributed by atoms with van der Waals surface area (Å²) in [7, 11) is 1.14. The number of likely N-dealkylation sites (tertiary alicyclic amines) is 1. The van der Waals surface area contributed by atoms with Gasteiger partial charge >= 0.3 is 6.09 Å². The van der Waals surface area contributed by atoms with Crippen LogP contribution in [0.4, 0.5) is 9.18 Å². The second-order valence-corrected chi connectivity index (χ2v) is 8.64. The summed E-state index contributed by atoms with van der Waals surface area (Å²) in [4.78, 5) is 25.3. The Morgan fingerprint density at radius 1 is 1.33 bits per heavy atom. The van der Waals surface area contributed by atoms with Crippen LogP contribution in [0.5, 0.6) is 0 Å². The predicted octanol–water partition coefficient (Wildman–Crippen LogP) is 2.05. The summed E-state index contributed by atoms with van der Waals surface area (Å²) in [5.74, 6) is -1.39. The molecule has 0 bridgehead atoms. The number of nitrogens with zero attached hydrogens (tertiary/aromatic N) is 2. The lowest BCUT2D eigenvalue weighted by Gasteiger charge is -2.51. The fourth-order valence-electron chi connectivity index (χ4n) is 4.53. The molecule has 1 aromatic rings. The number of halogens is 1. The van der Waals surface area contributed by atoms with Crippen LogP contribution in [0.3, 0.4) is 0 Å². The Morgan fingerprint density at radius 2 is 1.97 bits per heavy atom. The molecule has 10 heteroatoms. The number of hydrogen-bond acceptors (Lipinski definition) is 7. The number of nitriles is 1. The van der Waals surface area contributed by atoms with Crippen LogP contribution in [-0.2, 0) is 15.2 Å². The highest BCUT2D eigenvalue weighted by Gasteiger charge is 2.48. The van der Waals surface area contributed by atoms with Gasteiger partial charge in [-0.15, -0.1) is 0 Å². The normalized spacial score (nSPS) is 24.6. The Bertz CT molecular complexity index is 960. The number of amidine groups is 1. The number of carbonyl (C=O) groups is 2. The number of alkyl halides is 1. The summed E-state index contributed by atoms with van der Waals surface area (Å²) in [5, 5.41) is 22.5. The van der Waals surface area contributed by atoms with Crippen molar-refractivity contribution < 1.29 is 18.7 Å². The van der Waals surface area contributed by atoms with Gasteiger partial charge in [0, 0.05) is 30.9 Å². The van der Waals surface area contributed by atoms with Gasteiger partial charge < -0.3 is 15.8 Å². The molecule has 3 rings (SSSR count). The number of nitrogens with two attached hydrogens (primary N) is 1. The zero-order chi connectivity index (χ0) is 24.1. The summed E-state index contributed by atoms with van der Waals surface area (Å²) >= 11 is 0. The Kier molecular flexibility index (Phi) is 7.33. The summed E-state index contributed by atoms with van der Waals surface area (Å²) in [6.45, 7) is 0.699. The van der Waals surface area contributed by atoms with Crippen molar-refractivity contribution in [3.05, 3.63) is 47.7 Å². The van der Waals surface area contributed by atoms with Gasteiger partial charge in [0.1, 0.15) is 5.84 Å². The molecule has 2 amide bonds. The summed E-state index contributed by atoms with van der Waals surface area (Å²) in [6.07, 6.45) is 3.36. The molecule has 0 unspecified atom stereocenters. The number of benzene rings is 1. The third-order valence-electron chi connectivity index (χ3n) is 6.51. The molecule has 5 N–H and O–H groups in total. The van der Waals surface area contributed by atoms with Gasteiger partial charge in [0.2, 0.25) is 0 Å². The molecular weight excluding hydrogens is 427 g/mol. The summed E-state index contributed by atoms with van der Waals surface area (Å²) in [5.41, 5.74) is 3.90. The first-order valence-electron chi connectivity index (χ1n) is 10.8. The lowest BCUT2D eigenvalue weighted by molar-refractivity contribution is -0.114. The van der Waals surface area contributed by atoms with E-state index in [1.165, 1.54) is 6.20 Å². The number of ether oxygens (including phenoxy) is 1. The summed E-state index contributed by atoms with van der Waals surface area (Å²) < 4.78 is 19.6. The number of rotatable bonds is 7. The Balaban J connectivity index is 1.62. The number of alkyl carbamates (subject to hydrolysis) is 1. The molecule has 0 spiro atoms. The van der Waals surface area contributed by atoms with Crippen LogP contribution < -0.4 is 16.4 Å². The highest BCUT2D eigenvalue weighted by molar-refractivity contribution is 6.21. The zero-order valence-electron chi connectivity index (χ0n) is 18.6. The molecule has 1 saturated heterocycles. The van der Waals surface area contributed by atoms with E-state index in [4.69, 9.17) is 11.1 Å². The highest BCUT2D eigenvalue weighted by atomic mass is 19.1. The van der Waals surface area contributed by atoms with Crippen molar-refractivity contribution in [2.24, 2.45) is 5.73 Å². The standard InChI is InChI=1S/C23H29FN6O3/c1-33-21(32)29-19(26)18(20(27)31)13-28-22(11-12-25)9-7-17(8-10-22)30-14-23(24,15-30)16-5-3-2-4-6-16/h2-6,13,17,28H,7-11,14-15H2,1H3,(H2,27,31)(H2,26,29,32)/b18-13+. The fourth-order valence-corrected chi connectivity index (χ4v) is 4.53. The molecule has 1 saturated carbocycles. The zero-order valence-corrected chi connectivity index (χ0v) is 18.6. The Labute approximate surface area is 192 Å². The van der Waals surface area contributed by atoms with Crippen molar-refractivity contribution >= 4 is 17.8 Å². The predicted molar refractivity (Wildman–Crippen MR) is 120 cm³/mol. The van der Waals surface area contributed by atoms with Gasteiger partial charge in [0.05, 0.1) is 25.2 Å². The number of hydrogen-bond donors (Lipinski definition) is 4. The number of amides is 2. The molecule has 1 aromatic carbocycles. The van der Waals surface area contributed by atoms with Gasteiger partial charge in [-0.2, -0.15) is 5.26 Å². The maximum atomic E-state index is 15.2. The van der Waals surface area contributed by atoms with Crippen LogP contribution in [0.1, 0.15) is 37.7 Å². The molecule has 1 aliphatic heterocycles. The van der Waals surface area contributed by atoms with Crippen LogP contribution in [0.2, 0.25) is 0 Å². The third kappa shape index (κ3) is 5.49. The van der Waals surface area contributed by atoms with E-state index >= 15 is 4.39 Å². The van der Waals surface area contributed by atoms with E-state index in [1.54, 1.807) is 0 Å². The molecule has 9 nitrogen and oxygen atoms in total. The third-order valence-corrected chi connectivity index (χ3v) is 6.51. The van der Waals surface area contributed by atoms with Gasteiger partial charge in [-0.05, 0) is 31.2 Å². The average Bonchev–Trinajstić information content (AvgIpc) is 2.78. The number of primary amides is 1. The van der Waals surface area contributed by atoms with Gasteiger partial charge in [-0.1, -0.05) is 30.3 Å². The van der Waals surface area contributed by atoms with Gasteiger partial charge in [0.15, 0.2) is 5.67 Å². The molecule has 176 valence electrons. The highest BCUT2D eigenvalue weighted by Crippen LogP contribution is 2.41. The van der Waals surface area contributed by atoms with Crippen molar-refractivity contribution in [3.63, 3.8) is 0 Å².